The molecule has 3 heteroatoms. The fourth-order valence-corrected chi connectivity index (χ4v) is 4.36. The van der Waals surface area contributed by atoms with Gasteiger partial charge in [-0.1, -0.05) is 56.6 Å². The number of benzene rings is 1. The van der Waals surface area contributed by atoms with Gasteiger partial charge in [0, 0.05) is 19.7 Å². The van der Waals surface area contributed by atoms with Crippen LogP contribution in [0.4, 0.5) is 0 Å². The average Bonchev–Trinajstić information content (AvgIpc) is 2.39. The molecular weight excluding hydrogens is 262 g/mol. The van der Waals surface area contributed by atoms with Gasteiger partial charge in [0.1, 0.15) is 0 Å². The summed E-state index contributed by atoms with van der Waals surface area (Å²) >= 11 is 0. The van der Waals surface area contributed by atoms with Crippen molar-refractivity contribution in [2.45, 2.75) is 63.8 Å². The van der Waals surface area contributed by atoms with Gasteiger partial charge in [0.15, 0.2) is 0 Å². The van der Waals surface area contributed by atoms with E-state index in [1.807, 2.05) is 12.1 Å². The lowest BCUT2D eigenvalue weighted by molar-refractivity contribution is 0.0927. The van der Waals surface area contributed by atoms with E-state index in [9.17, 15) is 4.79 Å². The van der Waals surface area contributed by atoms with E-state index in [1.165, 1.54) is 30.9 Å². The lowest BCUT2D eigenvalue weighted by atomic mass is 9.95. The van der Waals surface area contributed by atoms with E-state index in [0.717, 1.165) is 18.4 Å². The normalized spacial score (nSPS) is 16.9. The van der Waals surface area contributed by atoms with Crippen molar-refractivity contribution in [3.05, 3.63) is 35.4 Å². The van der Waals surface area contributed by atoms with Crippen molar-refractivity contribution in [1.29, 1.82) is 0 Å². The lowest BCUT2D eigenvalue weighted by Crippen LogP contribution is -2.36. The maximum absolute atomic E-state index is 12.2. The molecule has 0 aliphatic heterocycles. The average molecular weight is 289 g/mol. The maximum Gasteiger partial charge on any atom is 0.251 e. The summed E-state index contributed by atoms with van der Waals surface area (Å²) in [6.45, 7) is 7.12. The van der Waals surface area contributed by atoms with Crippen LogP contribution >= 0.6 is 0 Å². The Morgan fingerprint density at radius 3 is 2.25 bits per heavy atom. The second-order valence-corrected chi connectivity index (χ2v) is 12.7. The van der Waals surface area contributed by atoms with E-state index in [0.29, 0.717) is 6.04 Å². The van der Waals surface area contributed by atoms with Crippen LogP contribution in [0.15, 0.2) is 24.3 Å². The minimum atomic E-state index is -1.08. The van der Waals surface area contributed by atoms with E-state index >= 15 is 0 Å². The molecule has 110 valence electrons. The van der Waals surface area contributed by atoms with Crippen molar-refractivity contribution in [2.24, 2.45) is 0 Å². The van der Waals surface area contributed by atoms with Crippen LogP contribution in [-0.2, 0) is 6.04 Å². The molecule has 1 fully saturated rings. The zero-order valence-corrected chi connectivity index (χ0v) is 14.0. The number of carbonyl (C=O) groups excluding carboxylic acids is 1. The Bertz CT molecular complexity index is 441. The Morgan fingerprint density at radius 2 is 1.70 bits per heavy atom. The van der Waals surface area contributed by atoms with Crippen molar-refractivity contribution >= 4 is 14.0 Å². The first-order valence-electron chi connectivity index (χ1n) is 7.84. The van der Waals surface area contributed by atoms with Crippen LogP contribution in [0.25, 0.3) is 0 Å². The van der Waals surface area contributed by atoms with Crippen LogP contribution in [-0.4, -0.2) is 20.0 Å². The molecule has 0 unspecified atom stereocenters. The minimum absolute atomic E-state index is 0.0939. The quantitative estimate of drug-likeness (QED) is 0.828. The van der Waals surface area contributed by atoms with Gasteiger partial charge in [-0.15, -0.1) is 0 Å². The van der Waals surface area contributed by atoms with Gasteiger partial charge in [0.25, 0.3) is 5.91 Å². The Kier molecular flexibility index (Phi) is 5.03. The number of amides is 1. The topological polar surface area (TPSA) is 29.1 Å². The number of nitrogens with one attached hydrogen (secondary N) is 1. The Hall–Kier alpha value is -1.09. The largest absolute Gasteiger partial charge is 0.349 e. The van der Waals surface area contributed by atoms with Crippen LogP contribution < -0.4 is 5.32 Å². The van der Waals surface area contributed by atoms with E-state index in [1.54, 1.807) is 0 Å². The molecule has 2 nitrogen and oxygen atoms in total. The minimum Gasteiger partial charge on any atom is -0.349 e. The predicted molar refractivity (Wildman–Crippen MR) is 87.8 cm³/mol. The highest BCUT2D eigenvalue weighted by atomic mass is 28.3. The monoisotopic (exact) mass is 289 g/mol. The molecule has 0 aromatic heterocycles. The molecular formula is C17H27NOSi. The summed E-state index contributed by atoms with van der Waals surface area (Å²) in [4.78, 5) is 12.2. The van der Waals surface area contributed by atoms with E-state index in [2.05, 4.69) is 37.1 Å². The highest BCUT2D eigenvalue weighted by molar-refractivity contribution is 6.75. The molecule has 2 rings (SSSR count). The first-order chi connectivity index (χ1) is 9.44. The molecule has 0 saturated heterocycles. The molecule has 1 aliphatic carbocycles. The molecule has 1 aromatic carbocycles. The lowest BCUT2D eigenvalue weighted by Gasteiger charge is -2.22. The fraction of sp³-hybridized carbons (Fsp3) is 0.588. The van der Waals surface area contributed by atoms with Crippen molar-refractivity contribution in [1.82, 2.24) is 5.32 Å². The van der Waals surface area contributed by atoms with Crippen LogP contribution in [0, 0.1) is 0 Å². The number of hydrogen-bond acceptors (Lipinski definition) is 1. The molecule has 20 heavy (non-hydrogen) atoms. The maximum atomic E-state index is 12.2. The van der Waals surface area contributed by atoms with Crippen LogP contribution in [0.5, 0.6) is 0 Å². The summed E-state index contributed by atoms with van der Waals surface area (Å²) in [6.07, 6.45) is 6.09. The molecule has 0 atom stereocenters. The zero-order valence-electron chi connectivity index (χ0n) is 13.0. The Labute approximate surface area is 124 Å². The third kappa shape index (κ3) is 4.78. The van der Waals surface area contributed by atoms with Gasteiger partial charge in [-0.05, 0) is 31.0 Å². The van der Waals surface area contributed by atoms with Crippen molar-refractivity contribution in [2.75, 3.05) is 0 Å². The van der Waals surface area contributed by atoms with Gasteiger partial charge >= 0.3 is 0 Å². The third-order valence-electron chi connectivity index (χ3n) is 3.89. The molecule has 0 heterocycles. The molecule has 0 radical (unpaired) electrons. The molecule has 1 saturated carbocycles. The highest BCUT2D eigenvalue weighted by Crippen LogP contribution is 2.18. The molecule has 0 spiro atoms. The van der Waals surface area contributed by atoms with Gasteiger partial charge < -0.3 is 5.32 Å². The summed E-state index contributed by atoms with van der Waals surface area (Å²) in [7, 11) is -1.08. The second-order valence-electron chi connectivity index (χ2n) is 7.24. The van der Waals surface area contributed by atoms with Gasteiger partial charge in [0.05, 0.1) is 0 Å². The fourth-order valence-electron chi connectivity index (χ4n) is 2.90. The van der Waals surface area contributed by atoms with Crippen molar-refractivity contribution in [3.8, 4) is 0 Å². The number of carbonyl (C=O) groups is 1. The van der Waals surface area contributed by atoms with Gasteiger partial charge in [-0.3, -0.25) is 4.79 Å². The molecule has 1 aliphatic rings. The van der Waals surface area contributed by atoms with Gasteiger partial charge in [-0.2, -0.15) is 0 Å². The summed E-state index contributed by atoms with van der Waals surface area (Å²) in [5, 5.41) is 3.17. The Morgan fingerprint density at radius 1 is 1.10 bits per heavy atom. The zero-order chi connectivity index (χ0) is 14.6. The van der Waals surface area contributed by atoms with Crippen LogP contribution in [0.2, 0.25) is 19.6 Å². The Balaban J connectivity index is 1.93. The third-order valence-corrected chi connectivity index (χ3v) is 5.36. The van der Waals surface area contributed by atoms with Crippen molar-refractivity contribution in [3.63, 3.8) is 0 Å². The van der Waals surface area contributed by atoms with E-state index in [4.69, 9.17) is 0 Å². The molecule has 1 aromatic rings. The first-order valence-corrected chi connectivity index (χ1v) is 11.5. The summed E-state index contributed by atoms with van der Waals surface area (Å²) in [5.41, 5.74) is 2.16. The standard InChI is InChI=1S/C17H27NOSi/c1-20(2,3)13-14-9-11-15(12-10-14)17(19)18-16-7-5-4-6-8-16/h9-12,16H,4-8,13H2,1-3H3,(H,18,19). The van der Waals surface area contributed by atoms with Crippen LogP contribution in [0.3, 0.4) is 0 Å². The molecule has 1 amide bonds. The summed E-state index contributed by atoms with van der Waals surface area (Å²) in [5.74, 6) is 0.0939. The first kappa shape index (κ1) is 15.3. The summed E-state index contributed by atoms with van der Waals surface area (Å²) in [6, 6.07) is 9.76. The molecule has 1 N–H and O–H groups in total. The van der Waals surface area contributed by atoms with E-state index < -0.39 is 8.07 Å². The predicted octanol–water partition coefficient (Wildman–Crippen LogP) is 4.17. The van der Waals surface area contributed by atoms with Gasteiger partial charge in [-0.25, -0.2) is 0 Å². The van der Waals surface area contributed by atoms with Crippen molar-refractivity contribution < 1.29 is 4.79 Å². The SMILES string of the molecule is C[Si](C)(C)Cc1ccc(C(=O)NC2CCCCC2)cc1. The second kappa shape index (κ2) is 6.57. The number of rotatable bonds is 4. The van der Waals surface area contributed by atoms with E-state index in [-0.39, 0.29) is 5.91 Å². The summed E-state index contributed by atoms with van der Waals surface area (Å²) < 4.78 is 0. The van der Waals surface area contributed by atoms with Crippen LogP contribution in [0.1, 0.15) is 48.0 Å². The molecule has 0 bridgehead atoms. The highest BCUT2D eigenvalue weighted by Gasteiger charge is 2.17. The van der Waals surface area contributed by atoms with Gasteiger partial charge in [0.2, 0.25) is 0 Å². The smallest absolute Gasteiger partial charge is 0.251 e. The number of hydrogen-bond donors (Lipinski definition) is 1.